The molecule has 19 heavy (non-hydrogen) atoms. The molecule has 6 nitrogen and oxygen atoms in total. The number of ether oxygens (including phenoxy) is 1. The Morgan fingerprint density at radius 3 is 2.89 bits per heavy atom. The molecule has 0 aliphatic carbocycles. The van der Waals surface area contributed by atoms with E-state index >= 15 is 0 Å². The van der Waals surface area contributed by atoms with E-state index < -0.39 is 5.97 Å². The van der Waals surface area contributed by atoms with Crippen molar-refractivity contribution in [2.75, 3.05) is 30.3 Å². The van der Waals surface area contributed by atoms with E-state index in [0.717, 1.165) is 0 Å². The zero-order chi connectivity index (χ0) is 14.0. The van der Waals surface area contributed by atoms with Crippen molar-refractivity contribution < 1.29 is 19.7 Å². The minimum atomic E-state index is -1.01. The maximum Gasteiger partial charge on any atom is 0.337 e. The minimum absolute atomic E-state index is 0.0647. The normalized spacial score (nSPS) is 23.4. The molecule has 0 amide bonds. The second-order valence-electron chi connectivity index (χ2n) is 4.74. The number of hydrogen-bond donors (Lipinski definition) is 3. The van der Waals surface area contributed by atoms with Gasteiger partial charge in [0.1, 0.15) is 0 Å². The summed E-state index contributed by atoms with van der Waals surface area (Å²) in [5, 5.41) is 18.5. The molecule has 2 unspecified atom stereocenters. The molecule has 0 aromatic heterocycles. The topological polar surface area (TPSA) is 96.0 Å². The fourth-order valence-corrected chi connectivity index (χ4v) is 2.34. The molecular weight excluding hydrogens is 248 g/mol. The van der Waals surface area contributed by atoms with Crippen molar-refractivity contribution in [2.24, 2.45) is 0 Å². The third kappa shape index (κ3) is 2.97. The average molecular weight is 266 g/mol. The Morgan fingerprint density at radius 2 is 2.26 bits per heavy atom. The molecule has 6 heteroatoms. The van der Waals surface area contributed by atoms with E-state index in [4.69, 9.17) is 10.5 Å². The van der Waals surface area contributed by atoms with Crippen LogP contribution in [0.25, 0.3) is 0 Å². The van der Waals surface area contributed by atoms with Crippen molar-refractivity contribution in [3.05, 3.63) is 23.8 Å². The quantitative estimate of drug-likeness (QED) is 0.692. The SMILES string of the molecule is CC1CN(c2ccc(N)cc2C(=O)O)CC(CO)O1. The predicted molar refractivity (Wildman–Crippen MR) is 71.4 cm³/mol. The standard InChI is InChI=1S/C13H18N2O4/c1-8-5-15(6-10(7-16)19-8)12-3-2-9(14)4-11(12)13(17)18/h2-4,8,10,16H,5-7,14H2,1H3,(H,17,18). The molecule has 1 aromatic carbocycles. The number of carboxylic acids is 1. The molecule has 1 aliphatic heterocycles. The van der Waals surface area contributed by atoms with Crippen LogP contribution in [-0.2, 0) is 4.74 Å². The number of benzene rings is 1. The lowest BCUT2D eigenvalue weighted by molar-refractivity contribution is -0.0421. The number of nitrogens with two attached hydrogens (primary N) is 1. The first kappa shape index (κ1) is 13.6. The van der Waals surface area contributed by atoms with Gasteiger partial charge in [-0.05, 0) is 25.1 Å². The molecule has 2 rings (SSSR count). The first-order valence-electron chi connectivity index (χ1n) is 6.15. The highest BCUT2D eigenvalue weighted by Gasteiger charge is 2.27. The Bertz CT molecular complexity index is 478. The Kier molecular flexibility index (Phi) is 3.92. The number of carbonyl (C=O) groups is 1. The third-order valence-electron chi connectivity index (χ3n) is 3.12. The fourth-order valence-electron chi connectivity index (χ4n) is 2.34. The van der Waals surface area contributed by atoms with Gasteiger partial charge in [0.15, 0.2) is 0 Å². The number of carboxylic acid groups (broad SMARTS) is 1. The van der Waals surface area contributed by atoms with Crippen molar-refractivity contribution in [1.29, 1.82) is 0 Å². The Hall–Kier alpha value is -1.79. The van der Waals surface area contributed by atoms with Gasteiger partial charge in [0, 0.05) is 18.8 Å². The van der Waals surface area contributed by atoms with Crippen molar-refractivity contribution in [3.8, 4) is 0 Å². The van der Waals surface area contributed by atoms with Gasteiger partial charge in [-0.25, -0.2) is 4.79 Å². The molecule has 0 bridgehead atoms. The molecule has 0 saturated carbocycles. The lowest BCUT2D eigenvalue weighted by Gasteiger charge is -2.38. The van der Waals surface area contributed by atoms with E-state index in [-0.39, 0.29) is 24.4 Å². The smallest absolute Gasteiger partial charge is 0.337 e. The highest BCUT2D eigenvalue weighted by Crippen LogP contribution is 2.26. The molecule has 1 aromatic rings. The van der Waals surface area contributed by atoms with Gasteiger partial charge in [-0.2, -0.15) is 0 Å². The summed E-state index contributed by atoms with van der Waals surface area (Å²) < 4.78 is 5.55. The zero-order valence-corrected chi connectivity index (χ0v) is 10.7. The highest BCUT2D eigenvalue weighted by molar-refractivity contribution is 5.95. The zero-order valence-electron chi connectivity index (χ0n) is 10.7. The van der Waals surface area contributed by atoms with E-state index in [1.54, 1.807) is 12.1 Å². The van der Waals surface area contributed by atoms with Crippen LogP contribution in [0.2, 0.25) is 0 Å². The average Bonchev–Trinajstić information content (AvgIpc) is 2.37. The number of aliphatic hydroxyl groups excluding tert-OH is 1. The van der Waals surface area contributed by atoms with Gasteiger partial charge in [0.05, 0.1) is 30.1 Å². The lowest BCUT2D eigenvalue weighted by atomic mass is 10.1. The summed E-state index contributed by atoms with van der Waals surface area (Å²) in [5.74, 6) is -1.01. The number of morpholine rings is 1. The number of nitrogen functional groups attached to an aromatic ring is 1. The molecule has 4 N–H and O–H groups in total. The number of nitrogens with zero attached hydrogens (tertiary/aromatic N) is 1. The molecule has 1 heterocycles. The lowest BCUT2D eigenvalue weighted by Crippen LogP contribution is -2.48. The highest BCUT2D eigenvalue weighted by atomic mass is 16.5. The number of aromatic carboxylic acids is 1. The predicted octanol–water partition coefficient (Wildman–Crippen LogP) is 0.553. The molecule has 0 radical (unpaired) electrons. The summed E-state index contributed by atoms with van der Waals surface area (Å²) in [7, 11) is 0. The van der Waals surface area contributed by atoms with Crippen LogP contribution in [0.3, 0.4) is 0 Å². The van der Waals surface area contributed by atoms with Crippen LogP contribution in [0.4, 0.5) is 11.4 Å². The van der Waals surface area contributed by atoms with E-state index in [1.807, 2.05) is 11.8 Å². The molecule has 1 aliphatic rings. The number of hydrogen-bond acceptors (Lipinski definition) is 5. The van der Waals surface area contributed by atoms with E-state index in [0.29, 0.717) is 24.5 Å². The first-order chi connectivity index (χ1) is 9.01. The van der Waals surface area contributed by atoms with Crippen LogP contribution in [0, 0.1) is 0 Å². The van der Waals surface area contributed by atoms with Crippen LogP contribution in [0.15, 0.2) is 18.2 Å². The number of rotatable bonds is 3. The minimum Gasteiger partial charge on any atom is -0.478 e. The summed E-state index contributed by atoms with van der Waals surface area (Å²) in [6.45, 7) is 2.86. The molecule has 1 saturated heterocycles. The van der Waals surface area contributed by atoms with Gasteiger partial charge in [-0.3, -0.25) is 0 Å². The first-order valence-corrected chi connectivity index (χ1v) is 6.15. The van der Waals surface area contributed by atoms with Crippen LogP contribution in [-0.4, -0.2) is 48.1 Å². The Labute approximate surface area is 111 Å². The Morgan fingerprint density at radius 1 is 1.53 bits per heavy atom. The van der Waals surface area contributed by atoms with Gasteiger partial charge in [0.2, 0.25) is 0 Å². The monoisotopic (exact) mass is 266 g/mol. The largest absolute Gasteiger partial charge is 0.478 e. The summed E-state index contributed by atoms with van der Waals surface area (Å²) in [6.07, 6.45) is -0.368. The van der Waals surface area contributed by atoms with Crippen molar-refractivity contribution in [3.63, 3.8) is 0 Å². The molecule has 104 valence electrons. The second-order valence-corrected chi connectivity index (χ2v) is 4.74. The number of anilines is 2. The van der Waals surface area contributed by atoms with Gasteiger partial charge < -0.3 is 25.6 Å². The molecular formula is C13H18N2O4. The van der Waals surface area contributed by atoms with Gasteiger partial charge in [-0.1, -0.05) is 0 Å². The van der Waals surface area contributed by atoms with Crippen LogP contribution in [0.5, 0.6) is 0 Å². The maximum absolute atomic E-state index is 11.3. The van der Waals surface area contributed by atoms with E-state index in [1.165, 1.54) is 6.07 Å². The number of aliphatic hydroxyl groups is 1. The van der Waals surface area contributed by atoms with Crippen LogP contribution in [0.1, 0.15) is 17.3 Å². The van der Waals surface area contributed by atoms with Gasteiger partial charge >= 0.3 is 5.97 Å². The van der Waals surface area contributed by atoms with E-state index in [2.05, 4.69) is 0 Å². The molecule has 0 spiro atoms. The van der Waals surface area contributed by atoms with E-state index in [9.17, 15) is 15.0 Å². The van der Waals surface area contributed by atoms with Crippen molar-refractivity contribution in [2.45, 2.75) is 19.1 Å². The fraction of sp³-hybridized carbons (Fsp3) is 0.462. The third-order valence-corrected chi connectivity index (χ3v) is 3.12. The summed E-state index contributed by atoms with van der Waals surface area (Å²) in [4.78, 5) is 13.2. The summed E-state index contributed by atoms with van der Waals surface area (Å²) in [6, 6.07) is 4.83. The summed E-state index contributed by atoms with van der Waals surface area (Å²) >= 11 is 0. The summed E-state index contributed by atoms with van der Waals surface area (Å²) in [5.41, 5.74) is 6.83. The van der Waals surface area contributed by atoms with Crippen LogP contribution >= 0.6 is 0 Å². The van der Waals surface area contributed by atoms with Crippen molar-refractivity contribution in [1.82, 2.24) is 0 Å². The van der Waals surface area contributed by atoms with Crippen molar-refractivity contribution >= 4 is 17.3 Å². The van der Waals surface area contributed by atoms with Crippen LogP contribution < -0.4 is 10.6 Å². The molecule has 1 fully saturated rings. The molecule has 2 atom stereocenters. The maximum atomic E-state index is 11.3. The Balaban J connectivity index is 2.32. The van der Waals surface area contributed by atoms with Gasteiger partial charge in [0.25, 0.3) is 0 Å². The second kappa shape index (κ2) is 5.46. The van der Waals surface area contributed by atoms with Gasteiger partial charge in [-0.15, -0.1) is 0 Å².